The van der Waals surface area contributed by atoms with E-state index in [1.54, 1.807) is 4.90 Å². The molecule has 5 nitrogen and oxygen atoms in total. The molecule has 1 aliphatic rings. The molecule has 1 fully saturated rings. The highest BCUT2D eigenvalue weighted by Gasteiger charge is 2.23. The number of hydrogen-bond donors (Lipinski definition) is 1. The van der Waals surface area contributed by atoms with Crippen molar-refractivity contribution >= 4 is 11.5 Å². The van der Waals surface area contributed by atoms with E-state index < -0.39 is 0 Å². The Hall–Kier alpha value is -2.66. The molecule has 0 aliphatic carbocycles. The summed E-state index contributed by atoms with van der Waals surface area (Å²) in [5, 5.41) is 4.73. The van der Waals surface area contributed by atoms with Crippen molar-refractivity contribution in [1.29, 1.82) is 0 Å². The van der Waals surface area contributed by atoms with Crippen LogP contribution in [-0.2, 0) is 6.42 Å². The van der Waals surface area contributed by atoms with E-state index in [1.807, 2.05) is 16.8 Å². The second kappa shape index (κ2) is 8.15. The van der Waals surface area contributed by atoms with Crippen LogP contribution >= 0.6 is 0 Å². The van der Waals surface area contributed by atoms with E-state index in [2.05, 4.69) is 55.7 Å². The zero-order valence-electron chi connectivity index (χ0n) is 17.0. The Morgan fingerprint density at radius 3 is 2.61 bits per heavy atom. The minimum Gasteiger partial charge on any atom is -0.345 e. The van der Waals surface area contributed by atoms with Crippen LogP contribution in [0.5, 0.6) is 0 Å². The number of fused-ring (bicyclic) bond motifs is 1. The van der Waals surface area contributed by atoms with Gasteiger partial charge in [0.1, 0.15) is 5.82 Å². The summed E-state index contributed by atoms with van der Waals surface area (Å²) >= 11 is 0. The second-order valence-electron chi connectivity index (χ2n) is 7.89. The number of nitrogens with zero attached hydrogens (tertiary/aromatic N) is 4. The predicted molar refractivity (Wildman–Crippen MR) is 115 cm³/mol. The molecule has 1 aromatic carbocycles. The van der Waals surface area contributed by atoms with E-state index in [1.165, 1.54) is 17.0 Å². The Bertz CT molecular complexity index is 952. The highest BCUT2D eigenvalue weighted by Crippen LogP contribution is 2.27. The fraction of sp³-hybridized carbons (Fsp3) is 0.391. The third kappa shape index (κ3) is 3.80. The van der Waals surface area contributed by atoms with Crippen molar-refractivity contribution in [2.75, 3.05) is 37.6 Å². The molecule has 0 saturated carbocycles. The Morgan fingerprint density at radius 2 is 1.93 bits per heavy atom. The van der Waals surface area contributed by atoms with Gasteiger partial charge >= 0.3 is 0 Å². The zero-order chi connectivity index (χ0) is 19.5. The number of benzene rings is 1. The van der Waals surface area contributed by atoms with Crippen LogP contribution in [0, 0.1) is 0 Å². The lowest BCUT2D eigenvalue weighted by Gasteiger charge is -2.33. The van der Waals surface area contributed by atoms with Gasteiger partial charge in [-0.3, -0.25) is 0 Å². The van der Waals surface area contributed by atoms with Gasteiger partial charge in [0.25, 0.3) is 0 Å². The number of piperazine rings is 1. The minimum absolute atomic E-state index is 0.962. The Labute approximate surface area is 167 Å². The summed E-state index contributed by atoms with van der Waals surface area (Å²) in [6, 6.07) is 12.7. The van der Waals surface area contributed by atoms with Crippen molar-refractivity contribution in [1.82, 2.24) is 14.6 Å². The van der Waals surface area contributed by atoms with Crippen molar-refractivity contribution in [3.63, 3.8) is 0 Å². The van der Waals surface area contributed by atoms with E-state index in [0.29, 0.717) is 0 Å². The molecule has 0 amide bonds. The molecule has 28 heavy (non-hydrogen) atoms. The Kier molecular flexibility index (Phi) is 5.44. The number of anilines is 1. The minimum atomic E-state index is 0.962. The van der Waals surface area contributed by atoms with Crippen LogP contribution in [0.4, 0.5) is 5.82 Å². The molecule has 3 heterocycles. The monoisotopic (exact) mass is 376 g/mol. The molecule has 0 radical (unpaired) electrons. The van der Waals surface area contributed by atoms with Crippen LogP contribution < -0.4 is 9.80 Å². The van der Waals surface area contributed by atoms with Gasteiger partial charge in [0, 0.05) is 17.3 Å². The van der Waals surface area contributed by atoms with Gasteiger partial charge in [0.05, 0.1) is 38.9 Å². The van der Waals surface area contributed by atoms with Crippen molar-refractivity contribution < 1.29 is 4.90 Å². The highest BCUT2D eigenvalue weighted by atomic mass is 15.4. The zero-order valence-corrected chi connectivity index (χ0v) is 17.0. The van der Waals surface area contributed by atoms with Gasteiger partial charge in [-0.25, -0.2) is 4.98 Å². The first-order chi connectivity index (χ1) is 13.7. The van der Waals surface area contributed by atoms with Gasteiger partial charge in [-0.1, -0.05) is 50.3 Å². The van der Waals surface area contributed by atoms with Gasteiger partial charge in [-0.15, -0.1) is 0 Å². The Balaban J connectivity index is 1.70. The van der Waals surface area contributed by atoms with Crippen molar-refractivity contribution in [3.05, 3.63) is 60.4 Å². The van der Waals surface area contributed by atoms with Gasteiger partial charge < -0.3 is 9.80 Å². The molecule has 1 saturated heterocycles. The summed E-state index contributed by atoms with van der Waals surface area (Å²) in [6.45, 7) is 13.8. The molecule has 4 rings (SSSR count). The maximum absolute atomic E-state index is 4.97. The van der Waals surface area contributed by atoms with Crippen molar-refractivity contribution in [2.24, 2.45) is 0 Å². The lowest BCUT2D eigenvalue weighted by atomic mass is 10.1. The lowest BCUT2D eigenvalue weighted by Crippen LogP contribution is -3.15. The van der Waals surface area contributed by atoms with Gasteiger partial charge in [-0.2, -0.15) is 9.61 Å². The van der Waals surface area contributed by atoms with E-state index in [4.69, 9.17) is 10.1 Å². The summed E-state index contributed by atoms with van der Waals surface area (Å²) in [5.74, 6) is 1.17. The van der Waals surface area contributed by atoms with Crippen LogP contribution in [-0.4, -0.2) is 47.3 Å². The molecule has 146 valence electrons. The average molecular weight is 377 g/mol. The average Bonchev–Trinajstić information content (AvgIpc) is 3.12. The Morgan fingerprint density at radius 1 is 1.18 bits per heavy atom. The third-order valence-corrected chi connectivity index (χ3v) is 5.44. The first-order valence-electron chi connectivity index (χ1n) is 10.3. The van der Waals surface area contributed by atoms with Gasteiger partial charge in [0.15, 0.2) is 5.65 Å². The molecule has 1 N–H and O–H groups in total. The highest BCUT2D eigenvalue weighted by molar-refractivity contribution is 5.78. The van der Waals surface area contributed by atoms with Gasteiger partial charge in [0.2, 0.25) is 0 Å². The fourth-order valence-electron chi connectivity index (χ4n) is 4.08. The van der Waals surface area contributed by atoms with E-state index in [0.717, 1.165) is 62.5 Å². The standard InChI is InChI=1S/C23H29N5/c1-4-8-20-15-22(27-13-11-26(12-14-27)17-18(2)3)28-23(25-20)21(16-24-28)19-9-6-5-7-10-19/h5-7,9-10,15-16H,2,4,8,11-14,17H2,1,3H3/p+1. The molecule has 0 spiro atoms. The number of quaternary nitrogens is 1. The number of rotatable bonds is 6. The van der Waals surface area contributed by atoms with E-state index in [-0.39, 0.29) is 0 Å². The SMILES string of the molecule is C=C(C)C[NH+]1CCN(c2cc(CCC)nc3c(-c4ccccc4)cnn23)CC1. The van der Waals surface area contributed by atoms with Gasteiger partial charge in [-0.05, 0) is 24.5 Å². The summed E-state index contributed by atoms with van der Waals surface area (Å²) in [7, 11) is 0. The van der Waals surface area contributed by atoms with E-state index in [9.17, 15) is 0 Å². The number of nitrogens with one attached hydrogen (secondary N) is 1. The maximum atomic E-state index is 4.97. The summed E-state index contributed by atoms with van der Waals surface area (Å²) < 4.78 is 2.03. The number of hydrogen-bond acceptors (Lipinski definition) is 3. The first kappa shape index (κ1) is 18.7. The quantitative estimate of drug-likeness (QED) is 0.672. The molecule has 5 heteroatoms. The topological polar surface area (TPSA) is 37.9 Å². The molecule has 0 atom stereocenters. The van der Waals surface area contributed by atoms with Crippen LogP contribution in [0.25, 0.3) is 16.8 Å². The molecule has 3 aromatic rings. The number of aromatic nitrogens is 3. The molecule has 1 aliphatic heterocycles. The molecule has 0 bridgehead atoms. The largest absolute Gasteiger partial charge is 0.345 e. The predicted octanol–water partition coefficient (Wildman–Crippen LogP) is 2.63. The maximum Gasteiger partial charge on any atom is 0.165 e. The van der Waals surface area contributed by atoms with Crippen LogP contribution in [0.2, 0.25) is 0 Å². The normalized spacial score (nSPS) is 15.3. The third-order valence-electron chi connectivity index (χ3n) is 5.44. The molecule has 0 unspecified atom stereocenters. The van der Waals surface area contributed by atoms with Crippen LogP contribution in [0.3, 0.4) is 0 Å². The lowest BCUT2D eigenvalue weighted by molar-refractivity contribution is -0.895. The van der Waals surface area contributed by atoms with E-state index >= 15 is 0 Å². The van der Waals surface area contributed by atoms with Crippen LogP contribution in [0.15, 0.2) is 54.7 Å². The molecule has 2 aromatic heterocycles. The van der Waals surface area contributed by atoms with Crippen molar-refractivity contribution in [2.45, 2.75) is 26.7 Å². The first-order valence-corrected chi connectivity index (χ1v) is 10.3. The van der Waals surface area contributed by atoms with Crippen LogP contribution in [0.1, 0.15) is 26.0 Å². The summed E-state index contributed by atoms with van der Waals surface area (Å²) in [5.41, 5.74) is 5.65. The molecular formula is C23H30N5+. The number of aryl methyl sites for hydroxylation is 1. The van der Waals surface area contributed by atoms with Crippen molar-refractivity contribution in [3.8, 4) is 11.1 Å². The smallest absolute Gasteiger partial charge is 0.165 e. The molecular weight excluding hydrogens is 346 g/mol. The fourth-order valence-corrected chi connectivity index (χ4v) is 4.08. The summed E-state index contributed by atoms with van der Waals surface area (Å²) in [6.07, 6.45) is 4.04. The second-order valence-corrected chi connectivity index (χ2v) is 7.89. The summed E-state index contributed by atoms with van der Waals surface area (Å²) in [4.78, 5) is 9.06.